The minimum atomic E-state index is -0.464. The van der Waals surface area contributed by atoms with Crippen LogP contribution in [0, 0.1) is 10.1 Å². The van der Waals surface area contributed by atoms with Crippen molar-refractivity contribution in [3.8, 4) is 5.75 Å². The zero-order valence-electron chi connectivity index (χ0n) is 8.00. The lowest BCUT2D eigenvalue weighted by atomic mass is 10.3. The minimum absolute atomic E-state index is 0.0139. The summed E-state index contributed by atoms with van der Waals surface area (Å²) in [6.45, 7) is 0.391. The summed E-state index contributed by atoms with van der Waals surface area (Å²) in [5.41, 5.74) is 0.0139. The molecule has 1 aromatic rings. The van der Waals surface area contributed by atoms with Crippen LogP contribution in [-0.4, -0.2) is 17.7 Å². The van der Waals surface area contributed by atoms with Crippen LogP contribution in [0.2, 0.25) is 0 Å². The van der Waals surface area contributed by atoms with Gasteiger partial charge >= 0.3 is 0 Å². The van der Waals surface area contributed by atoms with E-state index in [0.717, 1.165) is 0 Å². The smallest absolute Gasteiger partial charge is 0.273 e. The third kappa shape index (κ3) is 3.63. The topological polar surface area (TPSA) is 90.8 Å². The normalized spacial score (nSPS) is 10.4. The Morgan fingerprint density at radius 2 is 2.40 bits per heavy atom. The number of hydrazone groups is 1. The number of ether oxygens (including phenoxy) is 1. The first-order chi connectivity index (χ1) is 7.24. The molecule has 0 saturated carbocycles. The number of hydrogen-bond donors (Lipinski definition) is 1. The fourth-order valence-electron chi connectivity index (χ4n) is 0.991. The number of rotatable bonds is 5. The number of benzene rings is 1. The fourth-order valence-corrected chi connectivity index (χ4v) is 0.991. The predicted molar refractivity (Wildman–Crippen MR) is 55.9 cm³/mol. The standard InChI is InChI=1S/C9H11N3O3/c10-11-5-2-6-15-9-4-1-3-8(7-9)12(13)14/h1,3-5,7H,2,6,10H2/b11-5+. The number of nitro benzene ring substituents is 1. The van der Waals surface area contributed by atoms with E-state index in [0.29, 0.717) is 18.8 Å². The highest BCUT2D eigenvalue weighted by Gasteiger charge is 2.05. The summed E-state index contributed by atoms with van der Waals surface area (Å²) in [5, 5.41) is 13.7. The van der Waals surface area contributed by atoms with Crippen molar-refractivity contribution >= 4 is 11.9 Å². The lowest BCUT2D eigenvalue weighted by Gasteiger charge is -2.02. The SMILES string of the molecule is N/N=C/CCOc1cccc([N+](=O)[O-])c1. The summed E-state index contributed by atoms with van der Waals surface area (Å²) in [6.07, 6.45) is 2.08. The quantitative estimate of drug-likeness (QED) is 0.260. The van der Waals surface area contributed by atoms with E-state index < -0.39 is 4.92 Å². The molecule has 0 radical (unpaired) electrons. The molecule has 2 N–H and O–H groups in total. The molecule has 80 valence electrons. The number of hydrogen-bond acceptors (Lipinski definition) is 5. The van der Waals surface area contributed by atoms with Gasteiger partial charge < -0.3 is 10.6 Å². The highest BCUT2D eigenvalue weighted by Crippen LogP contribution is 2.18. The van der Waals surface area contributed by atoms with Crippen molar-refractivity contribution < 1.29 is 9.66 Å². The van der Waals surface area contributed by atoms with Gasteiger partial charge in [0.05, 0.1) is 17.6 Å². The Morgan fingerprint density at radius 3 is 3.07 bits per heavy atom. The van der Waals surface area contributed by atoms with Crippen LogP contribution in [0.1, 0.15) is 6.42 Å². The Balaban J connectivity index is 2.54. The highest BCUT2D eigenvalue weighted by molar-refractivity contribution is 5.56. The van der Waals surface area contributed by atoms with Crippen molar-refractivity contribution in [3.63, 3.8) is 0 Å². The largest absolute Gasteiger partial charge is 0.493 e. The van der Waals surface area contributed by atoms with Gasteiger partial charge in [0.1, 0.15) is 5.75 Å². The molecule has 6 heteroatoms. The third-order valence-electron chi connectivity index (χ3n) is 1.65. The molecule has 0 aliphatic rings. The molecule has 0 aliphatic carbocycles. The van der Waals surface area contributed by atoms with Crippen LogP contribution in [0.5, 0.6) is 5.75 Å². The third-order valence-corrected chi connectivity index (χ3v) is 1.65. The zero-order chi connectivity index (χ0) is 11.1. The van der Waals surface area contributed by atoms with Gasteiger partial charge in [-0.3, -0.25) is 10.1 Å². The van der Waals surface area contributed by atoms with Crippen LogP contribution in [0.3, 0.4) is 0 Å². The second-order valence-corrected chi connectivity index (χ2v) is 2.72. The molecule has 1 rings (SSSR count). The Hall–Kier alpha value is -2.11. The summed E-state index contributed by atoms with van der Waals surface area (Å²) in [4.78, 5) is 9.98. The van der Waals surface area contributed by atoms with Gasteiger partial charge in [-0.1, -0.05) is 6.07 Å². The van der Waals surface area contributed by atoms with Crippen LogP contribution in [0.4, 0.5) is 5.69 Å². The lowest BCUT2D eigenvalue weighted by Crippen LogP contribution is -1.99. The fraction of sp³-hybridized carbons (Fsp3) is 0.222. The van der Waals surface area contributed by atoms with Crippen LogP contribution in [0.25, 0.3) is 0 Å². The van der Waals surface area contributed by atoms with E-state index in [1.165, 1.54) is 18.3 Å². The molecule has 0 saturated heterocycles. The number of non-ortho nitro benzene ring substituents is 1. The van der Waals surface area contributed by atoms with Crippen LogP contribution in [-0.2, 0) is 0 Å². The Labute approximate surface area is 86.5 Å². The minimum Gasteiger partial charge on any atom is -0.493 e. The molecule has 0 spiro atoms. The molecule has 0 unspecified atom stereocenters. The van der Waals surface area contributed by atoms with Gasteiger partial charge in [0, 0.05) is 18.7 Å². The monoisotopic (exact) mass is 209 g/mol. The van der Waals surface area contributed by atoms with E-state index in [1.54, 1.807) is 12.1 Å². The average molecular weight is 209 g/mol. The van der Waals surface area contributed by atoms with E-state index in [-0.39, 0.29) is 5.69 Å². The maximum absolute atomic E-state index is 10.4. The van der Waals surface area contributed by atoms with Crippen molar-refractivity contribution in [2.24, 2.45) is 10.9 Å². The molecular weight excluding hydrogens is 198 g/mol. The van der Waals surface area contributed by atoms with Crippen LogP contribution in [0.15, 0.2) is 29.4 Å². The first-order valence-corrected chi connectivity index (χ1v) is 4.33. The van der Waals surface area contributed by atoms with E-state index in [9.17, 15) is 10.1 Å². The van der Waals surface area contributed by atoms with E-state index in [2.05, 4.69) is 5.10 Å². The summed E-state index contributed by atoms with van der Waals surface area (Å²) >= 11 is 0. The van der Waals surface area contributed by atoms with Gasteiger partial charge in [0.2, 0.25) is 0 Å². The molecular formula is C9H11N3O3. The van der Waals surface area contributed by atoms with Crippen molar-refractivity contribution in [1.82, 2.24) is 0 Å². The molecule has 0 bridgehead atoms. The van der Waals surface area contributed by atoms with Gasteiger partial charge in [-0.2, -0.15) is 5.10 Å². The predicted octanol–water partition coefficient (Wildman–Crippen LogP) is 1.31. The van der Waals surface area contributed by atoms with E-state index in [1.807, 2.05) is 0 Å². The van der Waals surface area contributed by atoms with E-state index in [4.69, 9.17) is 10.6 Å². The summed E-state index contributed by atoms with van der Waals surface area (Å²) in [7, 11) is 0. The summed E-state index contributed by atoms with van der Waals surface area (Å²) < 4.78 is 5.25. The van der Waals surface area contributed by atoms with Crippen LogP contribution < -0.4 is 10.6 Å². The molecule has 0 fully saturated rings. The van der Waals surface area contributed by atoms with Crippen molar-refractivity contribution in [2.45, 2.75) is 6.42 Å². The second kappa shape index (κ2) is 5.58. The maximum Gasteiger partial charge on any atom is 0.273 e. The van der Waals surface area contributed by atoms with Crippen molar-refractivity contribution in [1.29, 1.82) is 0 Å². The molecule has 6 nitrogen and oxygen atoms in total. The molecule has 0 aliphatic heterocycles. The maximum atomic E-state index is 10.4. The first kappa shape index (κ1) is 11.0. The number of nitrogens with two attached hydrogens (primary N) is 1. The van der Waals surface area contributed by atoms with Crippen molar-refractivity contribution in [3.05, 3.63) is 34.4 Å². The Morgan fingerprint density at radius 1 is 1.60 bits per heavy atom. The zero-order valence-corrected chi connectivity index (χ0v) is 8.00. The van der Waals surface area contributed by atoms with Crippen molar-refractivity contribution in [2.75, 3.05) is 6.61 Å². The molecule has 0 heterocycles. The molecule has 0 aromatic heterocycles. The Bertz CT molecular complexity index is 365. The van der Waals surface area contributed by atoms with Gasteiger partial charge in [0.15, 0.2) is 0 Å². The molecule has 15 heavy (non-hydrogen) atoms. The molecule has 1 aromatic carbocycles. The highest BCUT2D eigenvalue weighted by atomic mass is 16.6. The van der Waals surface area contributed by atoms with Gasteiger partial charge in [-0.25, -0.2) is 0 Å². The lowest BCUT2D eigenvalue weighted by molar-refractivity contribution is -0.384. The van der Waals surface area contributed by atoms with E-state index >= 15 is 0 Å². The molecule has 0 amide bonds. The second-order valence-electron chi connectivity index (χ2n) is 2.72. The average Bonchev–Trinajstić information content (AvgIpc) is 2.25. The molecule has 0 atom stereocenters. The van der Waals surface area contributed by atoms with Gasteiger partial charge in [0.25, 0.3) is 5.69 Å². The van der Waals surface area contributed by atoms with Crippen LogP contribution >= 0.6 is 0 Å². The number of nitro groups is 1. The summed E-state index contributed by atoms with van der Waals surface area (Å²) in [5.74, 6) is 5.36. The first-order valence-electron chi connectivity index (χ1n) is 4.33. The Kier molecular flexibility index (Phi) is 4.08. The summed E-state index contributed by atoms with van der Waals surface area (Å²) in [6, 6.07) is 6.02. The van der Waals surface area contributed by atoms with Gasteiger partial charge in [-0.15, -0.1) is 0 Å². The number of nitrogens with zero attached hydrogens (tertiary/aromatic N) is 2. The van der Waals surface area contributed by atoms with Gasteiger partial charge in [-0.05, 0) is 6.07 Å².